The lowest BCUT2D eigenvalue weighted by atomic mass is 9.75. The minimum atomic E-state index is -1.28. The summed E-state index contributed by atoms with van der Waals surface area (Å²) >= 11 is 0. The quantitative estimate of drug-likeness (QED) is 0.738. The summed E-state index contributed by atoms with van der Waals surface area (Å²) in [5.74, 6) is 0. The van der Waals surface area contributed by atoms with Crippen LogP contribution < -0.4 is 0 Å². The summed E-state index contributed by atoms with van der Waals surface area (Å²) in [6, 6.07) is 11.9. The largest absolute Gasteiger partial charge is 0.451 e. The first-order chi connectivity index (χ1) is 7.58. The third-order valence-electron chi connectivity index (χ3n) is 2.80. The normalized spacial score (nSPS) is 13.9. The van der Waals surface area contributed by atoms with Gasteiger partial charge in [-0.05, 0) is 25.2 Å². The van der Waals surface area contributed by atoms with E-state index in [0.717, 1.165) is 5.56 Å². The Morgan fingerprint density at radius 3 is 2.44 bits per heavy atom. The number of benzene rings is 1. The van der Waals surface area contributed by atoms with E-state index in [1.54, 1.807) is 0 Å². The van der Waals surface area contributed by atoms with Crippen molar-refractivity contribution in [2.75, 3.05) is 0 Å². The molecule has 1 aromatic rings. The first-order valence-electron chi connectivity index (χ1n) is 5.41. The maximum atomic E-state index is 9.23. The van der Waals surface area contributed by atoms with Gasteiger partial charge in [-0.25, -0.2) is 0 Å². The molecule has 4 heteroatoms. The molecule has 0 bridgehead atoms. The van der Waals surface area contributed by atoms with Crippen molar-refractivity contribution in [1.29, 1.82) is 5.26 Å². The standard InChI is InChI=1S/C12H16BNO2/c1-12(10-14,8-5-9-13(15)16)11-6-3-2-4-7-11/h2-4,6-7,15-16H,5,8-9H2,1H3. The van der Waals surface area contributed by atoms with Gasteiger partial charge >= 0.3 is 7.12 Å². The van der Waals surface area contributed by atoms with Crippen molar-refractivity contribution < 1.29 is 10.0 Å². The third-order valence-corrected chi connectivity index (χ3v) is 2.80. The summed E-state index contributed by atoms with van der Waals surface area (Å²) in [5.41, 5.74) is 0.431. The number of hydrogen-bond donors (Lipinski definition) is 2. The maximum Gasteiger partial charge on any atom is 0.451 e. The predicted octanol–water partition coefficient (Wildman–Crippen LogP) is 1.72. The lowest BCUT2D eigenvalue weighted by molar-refractivity contribution is 0.398. The highest BCUT2D eigenvalue weighted by molar-refractivity contribution is 6.40. The van der Waals surface area contributed by atoms with Gasteiger partial charge in [0.25, 0.3) is 0 Å². The molecule has 1 unspecified atom stereocenters. The molecule has 1 aromatic carbocycles. The molecular weight excluding hydrogens is 201 g/mol. The van der Waals surface area contributed by atoms with Gasteiger partial charge in [0.15, 0.2) is 0 Å². The highest BCUT2D eigenvalue weighted by Crippen LogP contribution is 2.28. The zero-order chi connectivity index (χ0) is 12.0. The van der Waals surface area contributed by atoms with E-state index in [9.17, 15) is 5.26 Å². The Morgan fingerprint density at radius 1 is 1.31 bits per heavy atom. The van der Waals surface area contributed by atoms with Crippen LogP contribution in [0.15, 0.2) is 30.3 Å². The lowest BCUT2D eigenvalue weighted by Crippen LogP contribution is -2.20. The van der Waals surface area contributed by atoms with Gasteiger partial charge in [-0.1, -0.05) is 36.8 Å². The molecule has 0 saturated carbocycles. The van der Waals surface area contributed by atoms with E-state index in [4.69, 9.17) is 10.0 Å². The number of hydrogen-bond acceptors (Lipinski definition) is 3. The van der Waals surface area contributed by atoms with Crippen molar-refractivity contribution in [1.82, 2.24) is 0 Å². The molecule has 1 atom stereocenters. The van der Waals surface area contributed by atoms with Gasteiger partial charge in [-0.3, -0.25) is 0 Å². The van der Waals surface area contributed by atoms with Gasteiger partial charge in [-0.15, -0.1) is 0 Å². The second-order valence-corrected chi connectivity index (χ2v) is 4.18. The third kappa shape index (κ3) is 3.37. The smallest absolute Gasteiger partial charge is 0.427 e. The molecule has 0 fully saturated rings. The summed E-state index contributed by atoms with van der Waals surface area (Å²) in [7, 11) is -1.28. The van der Waals surface area contributed by atoms with Crippen LogP contribution >= 0.6 is 0 Å². The SMILES string of the molecule is CC(C#N)(CCCB(O)O)c1ccccc1. The van der Waals surface area contributed by atoms with Gasteiger partial charge in [0.1, 0.15) is 0 Å². The Kier molecular flexibility index (Phi) is 4.54. The van der Waals surface area contributed by atoms with Crippen molar-refractivity contribution in [3.63, 3.8) is 0 Å². The molecule has 0 aromatic heterocycles. The van der Waals surface area contributed by atoms with E-state index in [-0.39, 0.29) is 0 Å². The van der Waals surface area contributed by atoms with Gasteiger partial charge in [0.2, 0.25) is 0 Å². The van der Waals surface area contributed by atoms with Crippen LogP contribution in [-0.2, 0) is 5.41 Å². The van der Waals surface area contributed by atoms with E-state index < -0.39 is 12.5 Å². The van der Waals surface area contributed by atoms with Gasteiger partial charge in [0, 0.05) is 0 Å². The van der Waals surface area contributed by atoms with Gasteiger partial charge < -0.3 is 10.0 Å². The van der Waals surface area contributed by atoms with Crippen LogP contribution in [0.3, 0.4) is 0 Å². The molecule has 3 nitrogen and oxygen atoms in total. The summed E-state index contributed by atoms with van der Waals surface area (Å²) in [6.45, 7) is 1.88. The number of nitrogens with zero attached hydrogens (tertiary/aromatic N) is 1. The predicted molar refractivity (Wildman–Crippen MR) is 63.6 cm³/mol. The molecule has 0 aliphatic rings. The van der Waals surface area contributed by atoms with Crippen LogP contribution in [0.2, 0.25) is 6.32 Å². The second-order valence-electron chi connectivity index (χ2n) is 4.18. The zero-order valence-corrected chi connectivity index (χ0v) is 9.43. The fraction of sp³-hybridized carbons (Fsp3) is 0.417. The van der Waals surface area contributed by atoms with Gasteiger partial charge in [-0.2, -0.15) is 5.26 Å². The van der Waals surface area contributed by atoms with Gasteiger partial charge in [0.05, 0.1) is 11.5 Å². The lowest BCUT2D eigenvalue weighted by Gasteiger charge is -2.21. The molecule has 0 aliphatic carbocycles. The number of nitriles is 1. The van der Waals surface area contributed by atoms with Crippen molar-refractivity contribution >= 4 is 7.12 Å². The minimum Gasteiger partial charge on any atom is -0.427 e. The van der Waals surface area contributed by atoms with Crippen LogP contribution in [0, 0.1) is 11.3 Å². The maximum absolute atomic E-state index is 9.23. The van der Waals surface area contributed by atoms with Crippen LogP contribution in [0.25, 0.3) is 0 Å². The molecule has 0 aliphatic heterocycles. The minimum absolute atomic E-state index is 0.310. The Balaban J connectivity index is 2.68. The van der Waals surface area contributed by atoms with E-state index in [1.807, 2.05) is 37.3 Å². The van der Waals surface area contributed by atoms with Crippen LogP contribution in [0.1, 0.15) is 25.3 Å². The van der Waals surface area contributed by atoms with Crippen molar-refractivity contribution in [2.24, 2.45) is 0 Å². The molecular formula is C12H16BNO2. The van der Waals surface area contributed by atoms with Crippen molar-refractivity contribution in [3.8, 4) is 6.07 Å². The fourth-order valence-corrected chi connectivity index (χ4v) is 1.71. The van der Waals surface area contributed by atoms with Crippen LogP contribution in [0.4, 0.5) is 0 Å². The Morgan fingerprint density at radius 2 is 1.94 bits per heavy atom. The van der Waals surface area contributed by atoms with Crippen molar-refractivity contribution in [3.05, 3.63) is 35.9 Å². The van der Waals surface area contributed by atoms with E-state index >= 15 is 0 Å². The molecule has 2 N–H and O–H groups in total. The van der Waals surface area contributed by atoms with Crippen molar-refractivity contribution in [2.45, 2.75) is 31.5 Å². The topological polar surface area (TPSA) is 64.2 Å². The molecule has 0 radical (unpaired) electrons. The Labute approximate surface area is 96.5 Å². The summed E-state index contributed by atoms with van der Waals surface area (Å²) < 4.78 is 0. The van der Waals surface area contributed by atoms with E-state index in [0.29, 0.717) is 19.2 Å². The molecule has 0 heterocycles. The summed E-state index contributed by atoms with van der Waals surface area (Å²) in [4.78, 5) is 0. The average molecular weight is 217 g/mol. The molecule has 16 heavy (non-hydrogen) atoms. The highest BCUT2D eigenvalue weighted by atomic mass is 16.4. The summed E-state index contributed by atoms with van der Waals surface area (Å²) in [6.07, 6.45) is 1.56. The fourth-order valence-electron chi connectivity index (χ4n) is 1.71. The Bertz CT molecular complexity index is 361. The first kappa shape index (κ1) is 12.8. The number of rotatable bonds is 5. The molecule has 1 rings (SSSR count). The zero-order valence-electron chi connectivity index (χ0n) is 9.43. The average Bonchev–Trinajstić information content (AvgIpc) is 2.29. The Hall–Kier alpha value is -1.31. The van der Waals surface area contributed by atoms with E-state index in [2.05, 4.69) is 6.07 Å². The molecule has 0 spiro atoms. The highest BCUT2D eigenvalue weighted by Gasteiger charge is 2.26. The summed E-state index contributed by atoms with van der Waals surface area (Å²) in [5, 5.41) is 26.8. The van der Waals surface area contributed by atoms with Crippen LogP contribution in [-0.4, -0.2) is 17.2 Å². The van der Waals surface area contributed by atoms with E-state index in [1.165, 1.54) is 0 Å². The first-order valence-corrected chi connectivity index (χ1v) is 5.41. The molecule has 0 amide bonds. The molecule has 0 saturated heterocycles. The monoisotopic (exact) mass is 217 g/mol. The van der Waals surface area contributed by atoms with Crippen LogP contribution in [0.5, 0.6) is 0 Å². The second kappa shape index (κ2) is 5.69. The molecule has 84 valence electrons.